The van der Waals surface area contributed by atoms with Crippen LogP contribution in [0, 0.1) is 10.1 Å². The smallest absolute Gasteiger partial charge is 0.282 e. The van der Waals surface area contributed by atoms with E-state index in [4.69, 9.17) is 0 Å². The van der Waals surface area contributed by atoms with Gasteiger partial charge < -0.3 is 10.2 Å². The van der Waals surface area contributed by atoms with Gasteiger partial charge >= 0.3 is 0 Å². The van der Waals surface area contributed by atoms with Crippen molar-refractivity contribution < 1.29 is 9.72 Å². The summed E-state index contributed by atoms with van der Waals surface area (Å²) in [6.45, 7) is 4.98. The number of hydrogen-bond acceptors (Lipinski definition) is 5. The van der Waals surface area contributed by atoms with Crippen LogP contribution in [0.5, 0.6) is 0 Å². The monoisotopic (exact) mass is 340 g/mol. The molecule has 0 aliphatic carbocycles. The van der Waals surface area contributed by atoms with Gasteiger partial charge in [0.05, 0.1) is 4.92 Å². The molecule has 0 radical (unpaired) electrons. The van der Waals surface area contributed by atoms with Crippen LogP contribution < -0.4 is 5.32 Å². The van der Waals surface area contributed by atoms with Crippen molar-refractivity contribution in [1.29, 1.82) is 0 Å². The van der Waals surface area contributed by atoms with Crippen molar-refractivity contribution in [3.05, 3.63) is 39.9 Å². The van der Waals surface area contributed by atoms with Gasteiger partial charge in [0.1, 0.15) is 5.56 Å². The summed E-state index contributed by atoms with van der Waals surface area (Å²) in [4.78, 5) is 27.2. The standard InChI is InChI=1S/C15H20N4O3.ClH/c20-15(13-3-1-2-4-14(13)19(21)22)18-9-7-17(8-10-18)12-5-6-16-11-12;/h1-4,12,16H,5-11H2;1H. The summed E-state index contributed by atoms with van der Waals surface area (Å²) in [5, 5.41) is 14.4. The van der Waals surface area contributed by atoms with Crippen molar-refractivity contribution in [1.82, 2.24) is 15.1 Å². The fourth-order valence-electron chi connectivity index (χ4n) is 3.23. The highest BCUT2D eigenvalue weighted by Crippen LogP contribution is 2.21. The SMILES string of the molecule is Cl.O=C(c1ccccc1[N+](=O)[O-])N1CCN(C2CCNC2)CC1. The number of nitro groups is 1. The summed E-state index contributed by atoms with van der Waals surface area (Å²) in [7, 11) is 0. The van der Waals surface area contributed by atoms with Crippen LogP contribution in [0.25, 0.3) is 0 Å². The van der Waals surface area contributed by atoms with Crippen molar-refractivity contribution in [2.75, 3.05) is 39.3 Å². The first kappa shape index (κ1) is 17.7. The Hall–Kier alpha value is -1.70. The fourth-order valence-corrected chi connectivity index (χ4v) is 3.23. The highest BCUT2D eigenvalue weighted by Gasteiger charge is 2.30. The van der Waals surface area contributed by atoms with Crippen LogP contribution in [0.4, 0.5) is 5.69 Å². The molecule has 1 unspecified atom stereocenters. The molecule has 0 spiro atoms. The van der Waals surface area contributed by atoms with Gasteiger partial charge in [-0.2, -0.15) is 0 Å². The zero-order valence-corrected chi connectivity index (χ0v) is 13.6. The minimum absolute atomic E-state index is 0. The van der Waals surface area contributed by atoms with Gasteiger partial charge in [0.15, 0.2) is 0 Å². The molecule has 1 amide bonds. The molecule has 126 valence electrons. The Balaban J connectivity index is 0.00000192. The van der Waals surface area contributed by atoms with Crippen LogP contribution >= 0.6 is 12.4 Å². The number of hydrogen-bond donors (Lipinski definition) is 1. The second kappa shape index (κ2) is 7.72. The van der Waals surface area contributed by atoms with Crippen molar-refractivity contribution in [2.45, 2.75) is 12.5 Å². The molecule has 7 nitrogen and oxygen atoms in total. The third-order valence-electron chi connectivity index (χ3n) is 4.48. The zero-order chi connectivity index (χ0) is 15.5. The molecule has 2 aliphatic rings. The third-order valence-corrected chi connectivity index (χ3v) is 4.48. The normalized spacial score (nSPS) is 21.7. The number of halogens is 1. The second-order valence-corrected chi connectivity index (χ2v) is 5.75. The molecule has 2 aliphatic heterocycles. The number of rotatable bonds is 3. The highest BCUT2D eigenvalue weighted by molar-refractivity contribution is 5.98. The Kier molecular flexibility index (Phi) is 5.92. The minimum atomic E-state index is -0.492. The predicted octanol–water partition coefficient (Wildman–Crippen LogP) is 1.14. The van der Waals surface area contributed by atoms with E-state index in [0.717, 1.165) is 32.6 Å². The maximum Gasteiger partial charge on any atom is 0.282 e. The molecule has 1 N–H and O–H groups in total. The van der Waals surface area contributed by atoms with Gasteiger partial charge in [0.2, 0.25) is 0 Å². The van der Waals surface area contributed by atoms with Crippen LogP contribution in [0.15, 0.2) is 24.3 Å². The summed E-state index contributed by atoms with van der Waals surface area (Å²) >= 11 is 0. The Morgan fingerprint density at radius 3 is 2.52 bits per heavy atom. The Bertz CT molecular complexity index is 570. The van der Waals surface area contributed by atoms with Crippen LogP contribution in [0.1, 0.15) is 16.8 Å². The van der Waals surface area contributed by atoms with Gasteiger partial charge in [0.25, 0.3) is 11.6 Å². The maximum atomic E-state index is 12.5. The Labute approximate surface area is 141 Å². The lowest BCUT2D eigenvalue weighted by Crippen LogP contribution is -2.52. The first-order valence-corrected chi connectivity index (χ1v) is 7.64. The summed E-state index contributed by atoms with van der Waals surface area (Å²) in [5.74, 6) is -0.239. The third kappa shape index (κ3) is 3.80. The number of para-hydroxylation sites is 1. The summed E-state index contributed by atoms with van der Waals surface area (Å²) in [5.41, 5.74) is 0.0680. The molecule has 0 aromatic heterocycles. The van der Waals surface area contributed by atoms with Crippen molar-refractivity contribution in [3.8, 4) is 0 Å². The van der Waals surface area contributed by atoms with E-state index in [9.17, 15) is 14.9 Å². The molecule has 2 heterocycles. The molecule has 8 heteroatoms. The summed E-state index contributed by atoms with van der Waals surface area (Å²) in [6, 6.07) is 6.73. The average molecular weight is 341 g/mol. The number of nitro benzene ring substituents is 1. The van der Waals surface area contributed by atoms with Gasteiger partial charge in [-0.25, -0.2) is 0 Å². The van der Waals surface area contributed by atoms with Crippen LogP contribution in [0.3, 0.4) is 0 Å². The summed E-state index contributed by atoms with van der Waals surface area (Å²) < 4.78 is 0. The molecule has 0 saturated carbocycles. The topological polar surface area (TPSA) is 78.7 Å². The largest absolute Gasteiger partial charge is 0.336 e. The maximum absolute atomic E-state index is 12.5. The molecule has 3 rings (SSSR count). The highest BCUT2D eigenvalue weighted by atomic mass is 35.5. The minimum Gasteiger partial charge on any atom is -0.336 e. The van der Waals surface area contributed by atoms with Gasteiger partial charge in [-0.1, -0.05) is 12.1 Å². The van der Waals surface area contributed by atoms with Gasteiger partial charge in [-0.05, 0) is 19.0 Å². The van der Waals surface area contributed by atoms with E-state index < -0.39 is 4.92 Å². The van der Waals surface area contributed by atoms with Gasteiger partial charge in [-0.3, -0.25) is 19.8 Å². The number of nitrogens with one attached hydrogen (secondary N) is 1. The first-order valence-electron chi connectivity index (χ1n) is 7.64. The molecule has 2 fully saturated rings. The lowest BCUT2D eigenvalue weighted by atomic mass is 10.1. The lowest BCUT2D eigenvalue weighted by Gasteiger charge is -2.37. The Morgan fingerprint density at radius 1 is 1.22 bits per heavy atom. The first-order chi connectivity index (χ1) is 10.7. The molecule has 1 atom stereocenters. The van der Waals surface area contributed by atoms with Crippen molar-refractivity contribution in [3.63, 3.8) is 0 Å². The fraction of sp³-hybridized carbons (Fsp3) is 0.533. The number of nitrogens with zero attached hydrogens (tertiary/aromatic N) is 3. The molecule has 1 aromatic rings. The van der Waals surface area contributed by atoms with E-state index >= 15 is 0 Å². The van der Waals surface area contributed by atoms with Crippen LogP contribution in [-0.4, -0.2) is 65.9 Å². The molecule has 2 saturated heterocycles. The van der Waals surface area contributed by atoms with E-state index in [2.05, 4.69) is 10.2 Å². The molecule has 1 aromatic carbocycles. The van der Waals surface area contributed by atoms with Crippen LogP contribution in [0.2, 0.25) is 0 Å². The van der Waals surface area contributed by atoms with E-state index in [1.165, 1.54) is 12.1 Å². The van der Waals surface area contributed by atoms with E-state index in [0.29, 0.717) is 19.1 Å². The number of piperazine rings is 1. The molecule has 23 heavy (non-hydrogen) atoms. The van der Waals surface area contributed by atoms with Gasteiger partial charge in [-0.15, -0.1) is 12.4 Å². The molecular weight excluding hydrogens is 320 g/mol. The quantitative estimate of drug-likeness (QED) is 0.659. The number of amides is 1. The predicted molar refractivity (Wildman–Crippen MR) is 89.1 cm³/mol. The van der Waals surface area contributed by atoms with E-state index in [1.807, 2.05) is 0 Å². The van der Waals surface area contributed by atoms with E-state index in [1.54, 1.807) is 17.0 Å². The number of benzene rings is 1. The number of carbonyl (C=O) groups is 1. The van der Waals surface area contributed by atoms with E-state index in [-0.39, 0.29) is 29.6 Å². The van der Waals surface area contributed by atoms with Gasteiger partial charge in [0, 0.05) is 44.8 Å². The molecule has 0 bridgehead atoms. The zero-order valence-electron chi connectivity index (χ0n) is 12.8. The van der Waals surface area contributed by atoms with Crippen molar-refractivity contribution in [2.24, 2.45) is 0 Å². The molecular formula is C15H21ClN4O3. The average Bonchev–Trinajstić information content (AvgIpc) is 3.09. The second-order valence-electron chi connectivity index (χ2n) is 5.75. The number of carbonyl (C=O) groups excluding carboxylic acids is 1. The lowest BCUT2D eigenvalue weighted by molar-refractivity contribution is -0.385. The van der Waals surface area contributed by atoms with Crippen LogP contribution in [-0.2, 0) is 0 Å². The summed E-state index contributed by atoms with van der Waals surface area (Å²) in [6.07, 6.45) is 1.15. The van der Waals surface area contributed by atoms with Crippen molar-refractivity contribution >= 4 is 24.0 Å². The Morgan fingerprint density at radius 2 is 1.91 bits per heavy atom.